The third-order valence-electron chi connectivity index (χ3n) is 4.12. The molecule has 3 atom stereocenters. The number of carbonyl (C=O) groups is 1. The zero-order valence-corrected chi connectivity index (χ0v) is 10.9. The van der Waals surface area contributed by atoms with Crippen molar-refractivity contribution in [3.8, 4) is 0 Å². The Hall–Kier alpha value is -1.39. The quantitative estimate of drug-likeness (QED) is 0.727. The standard InChI is InChI=1S/C15H20N2O2/c18-9-13-14(10-4-2-1-3-5-10)12(17-13)8-16-15(19)11-6-7-11/h1-5,11-14,17-18H,6-9H2,(H,16,19)/t12-,13-,14+/m1/s1. The highest BCUT2D eigenvalue weighted by molar-refractivity contribution is 5.80. The SMILES string of the molecule is O=C(NC[C@H]1N[C@H](CO)[C@H]1c1ccccc1)C1CC1. The van der Waals surface area contributed by atoms with Crippen LogP contribution in [0.15, 0.2) is 30.3 Å². The Labute approximate surface area is 113 Å². The molecule has 1 aliphatic heterocycles. The van der Waals surface area contributed by atoms with Crippen molar-refractivity contribution in [2.75, 3.05) is 13.2 Å². The molecule has 2 fully saturated rings. The van der Waals surface area contributed by atoms with Crippen molar-refractivity contribution in [1.82, 2.24) is 10.6 Å². The van der Waals surface area contributed by atoms with Gasteiger partial charge in [-0.25, -0.2) is 0 Å². The Morgan fingerprint density at radius 3 is 2.63 bits per heavy atom. The third-order valence-corrected chi connectivity index (χ3v) is 4.12. The first-order valence-corrected chi connectivity index (χ1v) is 6.99. The Morgan fingerprint density at radius 1 is 1.26 bits per heavy atom. The lowest BCUT2D eigenvalue weighted by molar-refractivity contribution is -0.122. The molecule has 19 heavy (non-hydrogen) atoms. The maximum absolute atomic E-state index is 11.7. The minimum Gasteiger partial charge on any atom is -0.395 e. The number of hydrogen-bond acceptors (Lipinski definition) is 3. The number of benzene rings is 1. The van der Waals surface area contributed by atoms with E-state index in [2.05, 4.69) is 22.8 Å². The fourth-order valence-corrected chi connectivity index (χ4v) is 2.84. The maximum Gasteiger partial charge on any atom is 0.223 e. The van der Waals surface area contributed by atoms with Crippen molar-refractivity contribution in [2.24, 2.45) is 5.92 Å². The second-order valence-electron chi connectivity index (χ2n) is 5.52. The zero-order valence-electron chi connectivity index (χ0n) is 10.9. The summed E-state index contributed by atoms with van der Waals surface area (Å²) in [7, 11) is 0. The van der Waals surface area contributed by atoms with Crippen molar-refractivity contribution in [1.29, 1.82) is 0 Å². The molecule has 3 rings (SSSR count). The molecule has 1 aliphatic carbocycles. The highest BCUT2D eigenvalue weighted by Gasteiger charge is 2.41. The van der Waals surface area contributed by atoms with Gasteiger partial charge >= 0.3 is 0 Å². The van der Waals surface area contributed by atoms with E-state index in [0.717, 1.165) is 12.8 Å². The topological polar surface area (TPSA) is 61.4 Å². The minimum absolute atomic E-state index is 0.102. The van der Waals surface area contributed by atoms with Gasteiger partial charge in [0.25, 0.3) is 0 Å². The normalized spacial score (nSPS) is 29.6. The van der Waals surface area contributed by atoms with Crippen LogP contribution in [0.2, 0.25) is 0 Å². The first kappa shape index (κ1) is 12.6. The molecule has 1 heterocycles. The first-order chi connectivity index (χ1) is 9.29. The number of nitrogens with one attached hydrogen (secondary N) is 2. The Bertz CT molecular complexity index is 445. The molecule has 0 unspecified atom stereocenters. The molecular weight excluding hydrogens is 240 g/mol. The average Bonchev–Trinajstić information content (AvgIpc) is 3.23. The number of amides is 1. The van der Waals surface area contributed by atoms with E-state index >= 15 is 0 Å². The lowest BCUT2D eigenvalue weighted by atomic mass is 9.77. The predicted octanol–water partition coefficient (Wildman–Crippen LogP) is 0.629. The molecule has 1 saturated carbocycles. The van der Waals surface area contributed by atoms with E-state index in [4.69, 9.17) is 0 Å². The summed E-state index contributed by atoms with van der Waals surface area (Å²) in [5.41, 5.74) is 1.23. The van der Waals surface area contributed by atoms with E-state index < -0.39 is 0 Å². The summed E-state index contributed by atoms with van der Waals surface area (Å²) in [5, 5.41) is 15.7. The van der Waals surface area contributed by atoms with Gasteiger partial charge < -0.3 is 15.7 Å². The Kier molecular flexibility index (Phi) is 3.53. The number of rotatable bonds is 5. The smallest absolute Gasteiger partial charge is 0.223 e. The second-order valence-corrected chi connectivity index (χ2v) is 5.52. The van der Waals surface area contributed by atoms with Crippen LogP contribution >= 0.6 is 0 Å². The summed E-state index contributed by atoms with van der Waals surface area (Å²) < 4.78 is 0. The lowest BCUT2D eigenvalue weighted by Crippen LogP contribution is -2.64. The van der Waals surface area contributed by atoms with Gasteiger partial charge in [-0.15, -0.1) is 0 Å². The third kappa shape index (κ3) is 2.65. The zero-order chi connectivity index (χ0) is 13.2. The van der Waals surface area contributed by atoms with Gasteiger partial charge in [0, 0.05) is 30.5 Å². The van der Waals surface area contributed by atoms with Crippen molar-refractivity contribution in [3.63, 3.8) is 0 Å². The largest absolute Gasteiger partial charge is 0.395 e. The second kappa shape index (κ2) is 5.31. The molecule has 4 heteroatoms. The fourth-order valence-electron chi connectivity index (χ4n) is 2.84. The van der Waals surface area contributed by atoms with E-state index in [1.165, 1.54) is 5.56 Å². The molecule has 3 N–H and O–H groups in total. The van der Waals surface area contributed by atoms with Gasteiger partial charge in [-0.3, -0.25) is 4.79 Å². The van der Waals surface area contributed by atoms with E-state index in [9.17, 15) is 9.90 Å². The molecule has 1 aromatic carbocycles. The summed E-state index contributed by atoms with van der Waals surface area (Å²) in [4.78, 5) is 11.7. The van der Waals surface area contributed by atoms with Crippen LogP contribution in [0.3, 0.4) is 0 Å². The summed E-state index contributed by atoms with van der Waals surface area (Å²) in [5.74, 6) is 0.718. The van der Waals surface area contributed by atoms with Crippen LogP contribution in [-0.4, -0.2) is 36.2 Å². The molecule has 2 aliphatic rings. The summed E-state index contributed by atoms with van der Waals surface area (Å²) in [6.45, 7) is 0.776. The molecule has 1 saturated heterocycles. The molecule has 1 aromatic rings. The first-order valence-electron chi connectivity index (χ1n) is 6.99. The van der Waals surface area contributed by atoms with E-state index in [1.54, 1.807) is 0 Å². The molecule has 0 bridgehead atoms. The number of aliphatic hydroxyl groups excluding tert-OH is 1. The summed E-state index contributed by atoms with van der Waals surface area (Å²) in [6, 6.07) is 10.5. The van der Waals surface area contributed by atoms with Crippen molar-refractivity contribution in [3.05, 3.63) is 35.9 Å². The van der Waals surface area contributed by atoms with Crippen LogP contribution in [0, 0.1) is 5.92 Å². The number of carbonyl (C=O) groups excluding carboxylic acids is 1. The highest BCUT2D eigenvalue weighted by atomic mass is 16.3. The van der Waals surface area contributed by atoms with Crippen LogP contribution in [0.25, 0.3) is 0 Å². The van der Waals surface area contributed by atoms with E-state index in [1.807, 2.05) is 18.2 Å². The van der Waals surface area contributed by atoms with Gasteiger partial charge in [0.2, 0.25) is 5.91 Å². The van der Waals surface area contributed by atoms with E-state index in [0.29, 0.717) is 6.54 Å². The maximum atomic E-state index is 11.7. The van der Waals surface area contributed by atoms with Gasteiger partial charge in [0.15, 0.2) is 0 Å². The van der Waals surface area contributed by atoms with E-state index in [-0.39, 0.29) is 36.4 Å². The fraction of sp³-hybridized carbons (Fsp3) is 0.533. The van der Waals surface area contributed by atoms with Crippen molar-refractivity contribution < 1.29 is 9.90 Å². The van der Waals surface area contributed by atoms with Crippen molar-refractivity contribution >= 4 is 5.91 Å². The molecule has 0 aromatic heterocycles. The number of aliphatic hydroxyl groups is 1. The van der Waals surface area contributed by atoms with Crippen LogP contribution in [-0.2, 0) is 4.79 Å². The molecule has 0 spiro atoms. The highest BCUT2D eigenvalue weighted by Crippen LogP contribution is 2.32. The van der Waals surface area contributed by atoms with Gasteiger partial charge in [0.1, 0.15) is 0 Å². The number of hydrogen-bond donors (Lipinski definition) is 3. The Morgan fingerprint density at radius 2 is 2.00 bits per heavy atom. The average molecular weight is 260 g/mol. The van der Waals surface area contributed by atoms with Gasteiger partial charge in [-0.2, -0.15) is 0 Å². The molecule has 1 amide bonds. The van der Waals surface area contributed by atoms with Gasteiger partial charge in [0.05, 0.1) is 6.61 Å². The molecule has 4 nitrogen and oxygen atoms in total. The monoisotopic (exact) mass is 260 g/mol. The molecular formula is C15H20N2O2. The van der Waals surface area contributed by atoms with Crippen molar-refractivity contribution in [2.45, 2.75) is 30.8 Å². The van der Waals surface area contributed by atoms with Crippen LogP contribution in [0.4, 0.5) is 0 Å². The predicted molar refractivity (Wildman–Crippen MR) is 72.7 cm³/mol. The van der Waals surface area contributed by atoms with Gasteiger partial charge in [-0.1, -0.05) is 30.3 Å². The lowest BCUT2D eigenvalue weighted by Gasteiger charge is -2.46. The van der Waals surface area contributed by atoms with Gasteiger partial charge in [-0.05, 0) is 18.4 Å². The van der Waals surface area contributed by atoms with Crippen LogP contribution < -0.4 is 10.6 Å². The van der Waals surface area contributed by atoms with Crippen LogP contribution in [0.5, 0.6) is 0 Å². The summed E-state index contributed by atoms with van der Waals surface area (Å²) >= 11 is 0. The minimum atomic E-state index is 0.102. The molecule has 102 valence electrons. The molecule has 0 radical (unpaired) electrons. The Balaban J connectivity index is 1.60. The summed E-state index contributed by atoms with van der Waals surface area (Å²) in [6.07, 6.45) is 2.07. The van der Waals surface area contributed by atoms with Crippen LogP contribution in [0.1, 0.15) is 24.3 Å².